The zero-order chi connectivity index (χ0) is 20.6. The molecule has 1 spiro atoms. The van der Waals surface area contributed by atoms with Crippen molar-refractivity contribution in [3.05, 3.63) is 59.1 Å². The smallest absolute Gasteiger partial charge is 0.248 e. The quantitative estimate of drug-likeness (QED) is 0.579. The zero-order valence-corrected chi connectivity index (χ0v) is 17.7. The van der Waals surface area contributed by atoms with E-state index >= 15 is 0 Å². The summed E-state index contributed by atoms with van der Waals surface area (Å²) in [6, 6.07) is 13.3. The van der Waals surface area contributed by atoms with Crippen LogP contribution in [-0.2, 0) is 4.79 Å². The van der Waals surface area contributed by atoms with Gasteiger partial charge in [-0.05, 0) is 80.9 Å². The molecule has 2 saturated carbocycles. The fourth-order valence-electron chi connectivity index (χ4n) is 4.72. The van der Waals surface area contributed by atoms with Crippen molar-refractivity contribution in [3.63, 3.8) is 0 Å². The summed E-state index contributed by atoms with van der Waals surface area (Å²) < 4.78 is 12.4. The van der Waals surface area contributed by atoms with Gasteiger partial charge < -0.3 is 14.8 Å². The molecule has 4 nitrogen and oxygen atoms in total. The van der Waals surface area contributed by atoms with Crippen LogP contribution in [0.1, 0.15) is 56.9 Å². The Bertz CT molecular complexity index is 990. The van der Waals surface area contributed by atoms with Gasteiger partial charge in [-0.25, -0.2) is 0 Å². The number of amides is 1. The molecule has 1 heterocycles. The van der Waals surface area contributed by atoms with Gasteiger partial charge in [-0.15, -0.1) is 0 Å². The van der Waals surface area contributed by atoms with E-state index < -0.39 is 0 Å². The summed E-state index contributed by atoms with van der Waals surface area (Å²) in [7, 11) is 0. The molecule has 5 heteroatoms. The molecule has 2 aromatic carbocycles. The Balaban J connectivity index is 1.39. The van der Waals surface area contributed by atoms with Gasteiger partial charge in [-0.2, -0.15) is 0 Å². The lowest BCUT2D eigenvalue weighted by Gasteiger charge is -2.46. The zero-order valence-electron chi connectivity index (χ0n) is 17.0. The van der Waals surface area contributed by atoms with Gasteiger partial charge in [0.2, 0.25) is 5.91 Å². The first-order valence-corrected chi connectivity index (χ1v) is 11.2. The molecule has 0 unspecified atom stereocenters. The Labute approximate surface area is 182 Å². The van der Waals surface area contributed by atoms with Gasteiger partial charge in [0.1, 0.15) is 17.1 Å². The number of ether oxygens (including phenoxy) is 2. The number of hydrogen-bond donors (Lipinski definition) is 1. The first kappa shape index (κ1) is 19.5. The van der Waals surface area contributed by atoms with Crippen LogP contribution in [-0.4, -0.2) is 17.6 Å². The van der Waals surface area contributed by atoms with Crippen LogP contribution in [0.15, 0.2) is 48.5 Å². The largest absolute Gasteiger partial charge is 0.488 e. The van der Waals surface area contributed by atoms with E-state index in [4.69, 9.17) is 21.1 Å². The fourth-order valence-corrected chi connectivity index (χ4v) is 4.89. The summed E-state index contributed by atoms with van der Waals surface area (Å²) in [6.45, 7) is 0. The number of fused-ring (bicyclic) bond motifs is 1. The second-order valence-electron chi connectivity index (χ2n) is 8.64. The van der Waals surface area contributed by atoms with Gasteiger partial charge in [0, 0.05) is 23.1 Å². The normalized spacial score (nSPS) is 21.0. The van der Waals surface area contributed by atoms with E-state index in [9.17, 15) is 4.79 Å². The molecular weight excluding hydrogens is 398 g/mol. The number of para-hydroxylation sites is 2. The minimum absolute atomic E-state index is 0.158. The Morgan fingerprint density at radius 1 is 1.13 bits per heavy atom. The summed E-state index contributed by atoms with van der Waals surface area (Å²) in [5.74, 6) is 1.39. The molecule has 1 aliphatic heterocycles. The standard InChI is InChI=1S/C25H26ClNO3/c26-18-10-11-22-20(15-18)17(16-25(30-22)12-5-13-25)14-24(28)27-21-8-3-4-9-23(21)29-19-6-1-2-7-19/h3-4,8-11,14-15,19H,1-2,5-7,12-13,16H2,(H,27,28). The van der Waals surface area contributed by atoms with Crippen molar-refractivity contribution in [2.24, 2.45) is 0 Å². The minimum Gasteiger partial charge on any atom is -0.488 e. The number of rotatable bonds is 4. The van der Waals surface area contributed by atoms with Crippen molar-refractivity contribution in [1.82, 2.24) is 0 Å². The SMILES string of the molecule is O=C(C=C1CC2(CCC2)Oc2ccc(Cl)cc21)Nc1ccccc1OC1CCCC1. The molecule has 0 bridgehead atoms. The van der Waals surface area contributed by atoms with Crippen molar-refractivity contribution in [3.8, 4) is 11.5 Å². The number of benzene rings is 2. The number of hydrogen-bond acceptors (Lipinski definition) is 3. The van der Waals surface area contributed by atoms with E-state index in [-0.39, 0.29) is 17.6 Å². The fraction of sp³-hybridized carbons (Fsp3) is 0.400. The number of carbonyl (C=O) groups is 1. The van der Waals surface area contributed by atoms with E-state index in [0.29, 0.717) is 10.7 Å². The highest BCUT2D eigenvalue weighted by Gasteiger charge is 2.43. The molecule has 30 heavy (non-hydrogen) atoms. The van der Waals surface area contributed by atoms with Gasteiger partial charge in [0.05, 0.1) is 11.8 Å². The maximum atomic E-state index is 13.0. The molecule has 2 aromatic rings. The molecule has 2 fully saturated rings. The summed E-state index contributed by atoms with van der Waals surface area (Å²) >= 11 is 6.23. The van der Waals surface area contributed by atoms with Crippen molar-refractivity contribution >= 4 is 28.8 Å². The molecule has 2 aliphatic carbocycles. The predicted octanol–water partition coefficient (Wildman–Crippen LogP) is 6.39. The van der Waals surface area contributed by atoms with E-state index in [0.717, 1.165) is 61.2 Å². The third kappa shape index (κ3) is 3.93. The molecule has 0 atom stereocenters. The lowest BCUT2D eigenvalue weighted by Crippen LogP contribution is -2.45. The molecule has 0 radical (unpaired) electrons. The Hall–Kier alpha value is -2.46. The van der Waals surface area contributed by atoms with E-state index in [2.05, 4.69) is 5.32 Å². The lowest BCUT2D eigenvalue weighted by molar-refractivity contribution is -0.111. The Kier molecular flexibility index (Phi) is 5.20. The first-order chi connectivity index (χ1) is 14.6. The van der Waals surface area contributed by atoms with Crippen LogP contribution in [0.25, 0.3) is 5.57 Å². The minimum atomic E-state index is -0.170. The van der Waals surface area contributed by atoms with E-state index in [1.165, 1.54) is 12.8 Å². The third-order valence-corrected chi connectivity index (χ3v) is 6.67. The van der Waals surface area contributed by atoms with Gasteiger partial charge >= 0.3 is 0 Å². The predicted molar refractivity (Wildman–Crippen MR) is 119 cm³/mol. The maximum Gasteiger partial charge on any atom is 0.248 e. The number of halogens is 1. The maximum absolute atomic E-state index is 13.0. The second-order valence-corrected chi connectivity index (χ2v) is 9.07. The molecule has 3 aliphatic rings. The first-order valence-electron chi connectivity index (χ1n) is 10.9. The van der Waals surface area contributed by atoms with Gasteiger partial charge in [-0.1, -0.05) is 23.7 Å². The van der Waals surface area contributed by atoms with Crippen molar-refractivity contribution < 1.29 is 14.3 Å². The average Bonchev–Trinajstić information content (AvgIpc) is 3.21. The molecule has 1 N–H and O–H groups in total. The summed E-state index contributed by atoms with van der Waals surface area (Å²) in [5, 5.41) is 3.67. The number of anilines is 1. The molecular formula is C25H26ClNO3. The highest BCUT2D eigenvalue weighted by molar-refractivity contribution is 6.30. The van der Waals surface area contributed by atoms with Crippen LogP contribution in [0, 0.1) is 0 Å². The van der Waals surface area contributed by atoms with Crippen LogP contribution in [0.4, 0.5) is 5.69 Å². The molecule has 0 aromatic heterocycles. The number of carbonyl (C=O) groups excluding carboxylic acids is 1. The van der Waals surface area contributed by atoms with Gasteiger partial charge in [-0.3, -0.25) is 4.79 Å². The van der Waals surface area contributed by atoms with Crippen LogP contribution in [0.2, 0.25) is 5.02 Å². The topological polar surface area (TPSA) is 47.6 Å². The highest BCUT2D eigenvalue weighted by atomic mass is 35.5. The van der Waals surface area contributed by atoms with Crippen LogP contribution in [0.3, 0.4) is 0 Å². The monoisotopic (exact) mass is 423 g/mol. The highest BCUT2D eigenvalue weighted by Crippen LogP contribution is 2.49. The Morgan fingerprint density at radius 2 is 1.93 bits per heavy atom. The second kappa shape index (κ2) is 7.99. The molecule has 0 saturated heterocycles. The van der Waals surface area contributed by atoms with Crippen LogP contribution < -0.4 is 14.8 Å². The van der Waals surface area contributed by atoms with E-state index in [1.807, 2.05) is 42.5 Å². The summed E-state index contributed by atoms with van der Waals surface area (Å²) in [5.41, 5.74) is 2.43. The average molecular weight is 424 g/mol. The Morgan fingerprint density at radius 3 is 2.70 bits per heavy atom. The van der Waals surface area contributed by atoms with Crippen molar-refractivity contribution in [2.45, 2.75) is 63.1 Å². The summed E-state index contributed by atoms with van der Waals surface area (Å²) in [4.78, 5) is 13.0. The van der Waals surface area contributed by atoms with E-state index in [1.54, 1.807) is 6.08 Å². The van der Waals surface area contributed by atoms with Gasteiger partial charge in [0.15, 0.2) is 0 Å². The van der Waals surface area contributed by atoms with Gasteiger partial charge in [0.25, 0.3) is 0 Å². The van der Waals surface area contributed by atoms with Crippen LogP contribution >= 0.6 is 11.6 Å². The number of nitrogens with one attached hydrogen (secondary N) is 1. The molecule has 156 valence electrons. The summed E-state index contributed by atoms with van der Waals surface area (Å²) in [6.07, 6.45) is 10.4. The lowest BCUT2D eigenvalue weighted by atomic mass is 9.73. The van der Waals surface area contributed by atoms with Crippen molar-refractivity contribution in [1.29, 1.82) is 0 Å². The third-order valence-electron chi connectivity index (χ3n) is 6.44. The molecule has 5 rings (SSSR count). The van der Waals surface area contributed by atoms with Crippen LogP contribution in [0.5, 0.6) is 11.5 Å². The van der Waals surface area contributed by atoms with Crippen molar-refractivity contribution in [2.75, 3.05) is 5.32 Å². The molecule has 1 amide bonds.